The van der Waals surface area contributed by atoms with Gasteiger partial charge in [0.1, 0.15) is 11.3 Å². The van der Waals surface area contributed by atoms with E-state index in [9.17, 15) is 14.4 Å². The minimum absolute atomic E-state index is 0.0680. The van der Waals surface area contributed by atoms with Crippen molar-refractivity contribution in [3.63, 3.8) is 0 Å². The molecule has 1 aromatic carbocycles. The van der Waals surface area contributed by atoms with Crippen LogP contribution in [0, 0.1) is 0 Å². The minimum atomic E-state index is -0.564. The highest BCUT2D eigenvalue weighted by molar-refractivity contribution is 5.92. The molecule has 2 aliphatic heterocycles. The summed E-state index contributed by atoms with van der Waals surface area (Å²) < 4.78 is 6.94. The smallest absolute Gasteiger partial charge is 0.410 e. The van der Waals surface area contributed by atoms with Gasteiger partial charge in [0.2, 0.25) is 0 Å². The Hall–Kier alpha value is -3.16. The first kappa shape index (κ1) is 23.0. The molecule has 0 radical (unpaired) electrons. The second-order valence-electron chi connectivity index (χ2n) is 9.79. The molecule has 2 atom stereocenters. The van der Waals surface area contributed by atoms with E-state index in [1.807, 2.05) is 56.0 Å². The zero-order chi connectivity index (χ0) is 23.6. The first-order chi connectivity index (χ1) is 15.7. The molecule has 0 saturated carbocycles. The molecule has 2 aromatic rings. The van der Waals surface area contributed by atoms with Crippen LogP contribution < -0.4 is 5.56 Å². The summed E-state index contributed by atoms with van der Waals surface area (Å²) in [6.07, 6.45) is 3.12. The second-order valence-corrected chi connectivity index (χ2v) is 9.79. The Labute approximate surface area is 194 Å². The van der Waals surface area contributed by atoms with Crippen LogP contribution in [0.25, 0.3) is 0 Å². The molecule has 0 unspecified atom stereocenters. The van der Waals surface area contributed by atoms with E-state index in [0.29, 0.717) is 19.6 Å². The van der Waals surface area contributed by atoms with Gasteiger partial charge in [-0.3, -0.25) is 9.59 Å². The zero-order valence-corrected chi connectivity index (χ0v) is 19.6. The Morgan fingerprint density at radius 3 is 2.27 bits per heavy atom. The van der Waals surface area contributed by atoms with Gasteiger partial charge in [-0.25, -0.2) is 9.48 Å². The molecule has 4 rings (SSSR count). The van der Waals surface area contributed by atoms with E-state index < -0.39 is 5.60 Å². The topological polar surface area (TPSA) is 84.7 Å². The maximum Gasteiger partial charge on any atom is 0.410 e. The van der Waals surface area contributed by atoms with Gasteiger partial charge in [0.15, 0.2) is 0 Å². The first-order valence-corrected chi connectivity index (χ1v) is 11.7. The average Bonchev–Trinajstić information content (AvgIpc) is 3.43. The summed E-state index contributed by atoms with van der Waals surface area (Å²) in [5.74, 6) is -0.199. The third-order valence-corrected chi connectivity index (χ3v) is 6.19. The van der Waals surface area contributed by atoms with Crippen molar-refractivity contribution in [1.29, 1.82) is 0 Å². The summed E-state index contributed by atoms with van der Waals surface area (Å²) in [6, 6.07) is 12.3. The molecular formula is C25H32N4O4. The number of benzene rings is 1. The fourth-order valence-electron chi connectivity index (χ4n) is 4.76. The van der Waals surface area contributed by atoms with E-state index in [1.165, 1.54) is 16.8 Å². The summed E-state index contributed by atoms with van der Waals surface area (Å²) in [6.45, 7) is 7.13. The number of carbonyl (C=O) groups is 2. The summed E-state index contributed by atoms with van der Waals surface area (Å²) in [4.78, 5) is 42.2. The van der Waals surface area contributed by atoms with Gasteiger partial charge in [-0.05, 0) is 58.1 Å². The summed E-state index contributed by atoms with van der Waals surface area (Å²) in [5, 5.41) is 4.38. The van der Waals surface area contributed by atoms with Crippen LogP contribution in [0.3, 0.4) is 0 Å². The van der Waals surface area contributed by atoms with Crippen LogP contribution in [0.15, 0.2) is 47.3 Å². The van der Waals surface area contributed by atoms with Crippen molar-refractivity contribution in [2.75, 3.05) is 13.1 Å². The van der Waals surface area contributed by atoms with Crippen molar-refractivity contribution in [1.82, 2.24) is 19.6 Å². The molecule has 2 fully saturated rings. The fraction of sp³-hybridized carbons (Fsp3) is 0.520. The molecule has 0 spiro atoms. The van der Waals surface area contributed by atoms with Gasteiger partial charge < -0.3 is 14.5 Å². The molecule has 176 valence electrons. The number of ether oxygens (including phenoxy) is 1. The molecule has 0 aliphatic carbocycles. The summed E-state index contributed by atoms with van der Waals surface area (Å²) >= 11 is 0. The number of aromatic nitrogens is 2. The highest BCUT2D eigenvalue weighted by Crippen LogP contribution is 2.32. The van der Waals surface area contributed by atoms with Gasteiger partial charge in [0.25, 0.3) is 11.5 Å². The van der Waals surface area contributed by atoms with E-state index >= 15 is 0 Å². The number of rotatable bonds is 4. The molecule has 2 saturated heterocycles. The fourth-order valence-corrected chi connectivity index (χ4v) is 4.76. The Morgan fingerprint density at radius 1 is 0.970 bits per heavy atom. The minimum Gasteiger partial charge on any atom is -0.444 e. The first-order valence-electron chi connectivity index (χ1n) is 11.7. The quantitative estimate of drug-likeness (QED) is 0.711. The van der Waals surface area contributed by atoms with Gasteiger partial charge >= 0.3 is 6.09 Å². The largest absolute Gasteiger partial charge is 0.444 e. The van der Waals surface area contributed by atoms with Crippen LogP contribution >= 0.6 is 0 Å². The molecule has 2 amide bonds. The maximum atomic E-state index is 13.4. The molecule has 2 aliphatic rings. The van der Waals surface area contributed by atoms with Crippen molar-refractivity contribution in [3.8, 4) is 0 Å². The molecule has 8 nitrogen and oxygen atoms in total. The predicted molar refractivity (Wildman–Crippen MR) is 124 cm³/mol. The lowest BCUT2D eigenvalue weighted by molar-refractivity contribution is 0.0146. The Balaban J connectivity index is 1.53. The molecule has 1 aromatic heterocycles. The lowest BCUT2D eigenvalue weighted by Crippen LogP contribution is -2.51. The van der Waals surface area contributed by atoms with Gasteiger partial charge in [-0.15, -0.1) is 0 Å². The third kappa shape index (κ3) is 5.26. The van der Waals surface area contributed by atoms with Crippen LogP contribution in [-0.4, -0.2) is 62.4 Å². The number of hydrogen-bond donors (Lipinski definition) is 0. The molecule has 33 heavy (non-hydrogen) atoms. The Kier molecular flexibility index (Phi) is 6.54. The lowest BCUT2D eigenvalue weighted by Gasteiger charge is -2.35. The van der Waals surface area contributed by atoms with Gasteiger partial charge in [-0.2, -0.15) is 5.10 Å². The molecule has 0 bridgehead atoms. The van der Waals surface area contributed by atoms with Gasteiger partial charge in [-0.1, -0.05) is 30.3 Å². The van der Waals surface area contributed by atoms with Crippen molar-refractivity contribution in [2.24, 2.45) is 0 Å². The monoisotopic (exact) mass is 452 g/mol. The van der Waals surface area contributed by atoms with E-state index in [4.69, 9.17) is 4.74 Å². The van der Waals surface area contributed by atoms with Crippen LogP contribution in [0.2, 0.25) is 0 Å². The van der Waals surface area contributed by atoms with Crippen LogP contribution in [0.1, 0.15) is 62.5 Å². The predicted octanol–water partition coefficient (Wildman–Crippen LogP) is 3.30. The number of carbonyl (C=O) groups excluding carboxylic acids is 2. The van der Waals surface area contributed by atoms with Crippen LogP contribution in [0.5, 0.6) is 0 Å². The van der Waals surface area contributed by atoms with E-state index in [0.717, 1.165) is 31.2 Å². The van der Waals surface area contributed by atoms with E-state index in [2.05, 4.69) is 5.10 Å². The standard InChI is InChI=1S/C25H32N4O4/c1-25(2,3)33-24(32)28-16-8-12-21(28)20-11-7-15-27(20)23(31)19-13-14-22(30)29(26-19)17-18-9-5-4-6-10-18/h4-6,9-10,13-14,20-21H,7-8,11-12,15-17H2,1-3H3/t20-,21-/m0/s1. The molecular weight excluding hydrogens is 420 g/mol. The third-order valence-electron chi connectivity index (χ3n) is 6.19. The van der Waals surface area contributed by atoms with E-state index in [-0.39, 0.29) is 35.3 Å². The van der Waals surface area contributed by atoms with Crippen molar-refractivity contribution < 1.29 is 14.3 Å². The zero-order valence-electron chi connectivity index (χ0n) is 19.6. The van der Waals surface area contributed by atoms with Crippen LogP contribution in [-0.2, 0) is 11.3 Å². The van der Waals surface area contributed by atoms with Gasteiger partial charge in [0, 0.05) is 19.2 Å². The molecule has 0 N–H and O–H groups in total. The second kappa shape index (κ2) is 9.37. The highest BCUT2D eigenvalue weighted by atomic mass is 16.6. The van der Waals surface area contributed by atoms with Crippen molar-refractivity contribution >= 4 is 12.0 Å². The molecule has 8 heteroatoms. The maximum absolute atomic E-state index is 13.4. The Bertz CT molecular complexity index is 1060. The number of likely N-dealkylation sites (tertiary alicyclic amines) is 2. The van der Waals surface area contributed by atoms with Crippen LogP contribution in [0.4, 0.5) is 4.79 Å². The SMILES string of the molecule is CC(C)(C)OC(=O)N1CCC[C@H]1[C@@H]1CCCN1C(=O)c1ccc(=O)n(Cc2ccccc2)n1. The summed E-state index contributed by atoms with van der Waals surface area (Å²) in [7, 11) is 0. The number of nitrogens with zero attached hydrogens (tertiary/aromatic N) is 4. The van der Waals surface area contributed by atoms with Gasteiger partial charge in [0.05, 0.1) is 18.6 Å². The summed E-state index contributed by atoms with van der Waals surface area (Å²) in [5.41, 5.74) is 0.375. The molecule has 3 heterocycles. The highest BCUT2D eigenvalue weighted by Gasteiger charge is 2.43. The van der Waals surface area contributed by atoms with E-state index in [1.54, 1.807) is 4.90 Å². The average molecular weight is 453 g/mol. The van der Waals surface area contributed by atoms with Crippen molar-refractivity contribution in [3.05, 3.63) is 64.1 Å². The number of amides is 2. The number of hydrogen-bond acceptors (Lipinski definition) is 5. The normalized spacial score (nSPS) is 20.8. The Morgan fingerprint density at radius 2 is 1.61 bits per heavy atom. The van der Waals surface area contributed by atoms with Crippen molar-refractivity contribution in [2.45, 2.75) is 70.7 Å². The lowest BCUT2D eigenvalue weighted by atomic mass is 10.0.